The summed E-state index contributed by atoms with van der Waals surface area (Å²) in [6.45, 7) is 9.28. The molecule has 0 fully saturated rings. The lowest BCUT2D eigenvalue weighted by Crippen LogP contribution is -2.42. The van der Waals surface area contributed by atoms with Gasteiger partial charge in [-0.2, -0.15) is 0 Å². The molecule has 1 atom stereocenters. The second kappa shape index (κ2) is 7.90. The first-order valence-electron chi connectivity index (χ1n) is 7.18. The van der Waals surface area contributed by atoms with Crippen LogP contribution in [0.3, 0.4) is 0 Å². The largest absolute Gasteiger partial charge is 0.491 e. The molecule has 0 aliphatic rings. The molecule has 1 rings (SSSR count). The lowest BCUT2D eigenvalue weighted by molar-refractivity contribution is -0.131. The summed E-state index contributed by atoms with van der Waals surface area (Å²) in [4.78, 5) is 13.6. The third-order valence-electron chi connectivity index (χ3n) is 3.13. The van der Waals surface area contributed by atoms with Gasteiger partial charge in [0.05, 0.1) is 12.1 Å². The minimum Gasteiger partial charge on any atom is -0.491 e. The number of rotatable bonds is 7. The Morgan fingerprint density at radius 1 is 1.25 bits per heavy atom. The number of benzene rings is 1. The summed E-state index contributed by atoms with van der Waals surface area (Å²) in [7, 11) is 1.82. The summed E-state index contributed by atoms with van der Waals surface area (Å²) in [6, 6.07) is 7.78. The minimum absolute atomic E-state index is 0.118. The molecule has 4 nitrogen and oxygen atoms in total. The number of likely N-dealkylation sites (N-methyl/N-ethyl adjacent to an activating group) is 1. The zero-order valence-corrected chi connectivity index (χ0v) is 13.1. The molecule has 0 heterocycles. The monoisotopic (exact) mass is 278 g/mol. The molecule has 20 heavy (non-hydrogen) atoms. The van der Waals surface area contributed by atoms with Crippen molar-refractivity contribution in [3.05, 3.63) is 29.8 Å². The van der Waals surface area contributed by atoms with Crippen molar-refractivity contribution in [1.29, 1.82) is 0 Å². The Hall–Kier alpha value is -1.55. The van der Waals surface area contributed by atoms with E-state index in [9.17, 15) is 4.79 Å². The molecule has 1 amide bonds. The fourth-order valence-electron chi connectivity index (χ4n) is 1.80. The number of amides is 1. The maximum Gasteiger partial charge on any atom is 0.239 e. The molecule has 0 aromatic heterocycles. The maximum absolute atomic E-state index is 11.9. The molecule has 0 aliphatic heterocycles. The first kappa shape index (κ1) is 16.5. The van der Waals surface area contributed by atoms with Crippen LogP contribution in [0.1, 0.15) is 33.3 Å². The molecule has 0 aliphatic carbocycles. The lowest BCUT2D eigenvalue weighted by Gasteiger charge is -2.20. The van der Waals surface area contributed by atoms with Gasteiger partial charge in [0.25, 0.3) is 0 Å². The summed E-state index contributed by atoms with van der Waals surface area (Å²) in [5, 5.41) is 3.24. The van der Waals surface area contributed by atoms with E-state index in [1.165, 1.54) is 0 Å². The number of hydrogen-bond acceptors (Lipinski definition) is 3. The molecule has 112 valence electrons. The van der Waals surface area contributed by atoms with Gasteiger partial charge in [-0.1, -0.05) is 12.1 Å². The smallest absolute Gasteiger partial charge is 0.239 e. The number of hydrogen-bond donors (Lipinski definition) is 1. The Labute approximate surface area is 122 Å². The molecular formula is C16H26N2O2. The molecule has 1 aromatic rings. The second-order valence-corrected chi connectivity index (χ2v) is 5.27. The van der Waals surface area contributed by atoms with Crippen LogP contribution in [0.5, 0.6) is 5.75 Å². The van der Waals surface area contributed by atoms with E-state index < -0.39 is 0 Å². The van der Waals surface area contributed by atoms with Crippen molar-refractivity contribution in [2.24, 2.45) is 0 Å². The molecule has 4 heteroatoms. The number of carbonyl (C=O) groups is 1. The Morgan fingerprint density at radius 2 is 1.85 bits per heavy atom. The van der Waals surface area contributed by atoms with Crippen LogP contribution in [0.4, 0.5) is 0 Å². The van der Waals surface area contributed by atoms with Crippen molar-refractivity contribution in [2.45, 2.75) is 46.4 Å². The Balaban J connectivity index is 2.47. The highest BCUT2D eigenvalue weighted by molar-refractivity contribution is 5.81. The van der Waals surface area contributed by atoms with E-state index in [0.29, 0.717) is 6.54 Å². The van der Waals surface area contributed by atoms with Crippen molar-refractivity contribution in [2.75, 3.05) is 13.6 Å². The Kier molecular flexibility index (Phi) is 6.52. The van der Waals surface area contributed by atoms with Crippen LogP contribution < -0.4 is 10.1 Å². The zero-order valence-electron chi connectivity index (χ0n) is 13.1. The van der Waals surface area contributed by atoms with Gasteiger partial charge < -0.3 is 15.0 Å². The first-order valence-corrected chi connectivity index (χ1v) is 7.18. The van der Waals surface area contributed by atoms with Gasteiger partial charge in [-0.05, 0) is 45.4 Å². The van der Waals surface area contributed by atoms with Gasteiger partial charge in [0, 0.05) is 20.1 Å². The number of ether oxygens (including phenoxy) is 1. The summed E-state index contributed by atoms with van der Waals surface area (Å²) >= 11 is 0. The summed E-state index contributed by atoms with van der Waals surface area (Å²) in [5.74, 6) is 0.992. The van der Waals surface area contributed by atoms with Crippen LogP contribution >= 0.6 is 0 Å². The van der Waals surface area contributed by atoms with E-state index in [4.69, 9.17) is 4.74 Å². The topological polar surface area (TPSA) is 41.6 Å². The average Bonchev–Trinajstić information content (AvgIpc) is 2.44. The van der Waals surface area contributed by atoms with Gasteiger partial charge in [-0.15, -0.1) is 0 Å². The van der Waals surface area contributed by atoms with Crippen molar-refractivity contribution in [3.63, 3.8) is 0 Å². The predicted molar refractivity (Wildman–Crippen MR) is 81.8 cm³/mol. The lowest BCUT2D eigenvalue weighted by atomic mass is 10.2. The molecular weight excluding hydrogens is 252 g/mol. The van der Waals surface area contributed by atoms with Gasteiger partial charge >= 0.3 is 0 Å². The standard InChI is InChI=1S/C16H26N2O2/c1-6-18(5)16(19)13(4)17-11-14-7-9-15(10-8-14)20-12(2)3/h7-10,12-13,17H,6,11H2,1-5H3. The molecule has 0 bridgehead atoms. The van der Waals surface area contributed by atoms with Crippen LogP contribution in [0, 0.1) is 0 Å². The number of nitrogens with one attached hydrogen (secondary N) is 1. The average molecular weight is 278 g/mol. The summed E-state index contributed by atoms with van der Waals surface area (Å²) in [5.41, 5.74) is 1.14. The van der Waals surface area contributed by atoms with Crippen LogP contribution in [0.15, 0.2) is 24.3 Å². The highest BCUT2D eigenvalue weighted by Crippen LogP contribution is 2.13. The Morgan fingerprint density at radius 3 is 2.35 bits per heavy atom. The highest BCUT2D eigenvalue weighted by atomic mass is 16.5. The minimum atomic E-state index is -0.174. The molecule has 1 aromatic carbocycles. The normalized spacial score (nSPS) is 12.3. The highest BCUT2D eigenvalue weighted by Gasteiger charge is 2.15. The third kappa shape index (κ3) is 5.21. The van der Waals surface area contributed by atoms with Gasteiger partial charge in [-0.25, -0.2) is 0 Å². The molecule has 1 N–H and O–H groups in total. The molecule has 0 saturated carbocycles. The number of carbonyl (C=O) groups excluding carboxylic acids is 1. The molecule has 0 spiro atoms. The summed E-state index contributed by atoms with van der Waals surface area (Å²) in [6.07, 6.45) is 0.182. The van der Waals surface area contributed by atoms with Crippen LogP contribution in [-0.2, 0) is 11.3 Å². The maximum atomic E-state index is 11.9. The molecule has 0 saturated heterocycles. The van der Waals surface area contributed by atoms with E-state index in [2.05, 4.69) is 5.32 Å². The summed E-state index contributed by atoms with van der Waals surface area (Å²) < 4.78 is 5.60. The zero-order chi connectivity index (χ0) is 15.1. The van der Waals surface area contributed by atoms with Gasteiger partial charge in [-0.3, -0.25) is 4.79 Å². The van der Waals surface area contributed by atoms with Crippen molar-refractivity contribution in [3.8, 4) is 5.75 Å². The fourth-order valence-corrected chi connectivity index (χ4v) is 1.80. The van der Waals surface area contributed by atoms with Crippen molar-refractivity contribution in [1.82, 2.24) is 10.2 Å². The molecule has 0 radical (unpaired) electrons. The second-order valence-electron chi connectivity index (χ2n) is 5.27. The van der Waals surface area contributed by atoms with Gasteiger partial charge in [0.2, 0.25) is 5.91 Å². The number of nitrogens with zero attached hydrogens (tertiary/aromatic N) is 1. The predicted octanol–water partition coefficient (Wildman–Crippen LogP) is 2.43. The van der Waals surface area contributed by atoms with E-state index in [-0.39, 0.29) is 18.1 Å². The quantitative estimate of drug-likeness (QED) is 0.833. The van der Waals surface area contributed by atoms with Crippen molar-refractivity contribution < 1.29 is 9.53 Å². The van der Waals surface area contributed by atoms with E-state index in [1.807, 2.05) is 59.0 Å². The van der Waals surface area contributed by atoms with Gasteiger partial charge in [0.15, 0.2) is 0 Å². The Bertz CT molecular complexity index is 415. The van der Waals surface area contributed by atoms with Crippen LogP contribution in [0.2, 0.25) is 0 Å². The van der Waals surface area contributed by atoms with E-state index in [0.717, 1.165) is 17.9 Å². The van der Waals surface area contributed by atoms with E-state index in [1.54, 1.807) is 4.90 Å². The van der Waals surface area contributed by atoms with E-state index >= 15 is 0 Å². The SMILES string of the molecule is CCN(C)C(=O)C(C)NCc1ccc(OC(C)C)cc1. The van der Waals surface area contributed by atoms with Crippen LogP contribution in [-0.4, -0.2) is 36.5 Å². The van der Waals surface area contributed by atoms with Crippen LogP contribution in [0.25, 0.3) is 0 Å². The van der Waals surface area contributed by atoms with Crippen molar-refractivity contribution >= 4 is 5.91 Å². The molecule has 1 unspecified atom stereocenters. The fraction of sp³-hybridized carbons (Fsp3) is 0.562. The first-order chi connectivity index (χ1) is 9.43. The third-order valence-corrected chi connectivity index (χ3v) is 3.13. The van der Waals surface area contributed by atoms with Gasteiger partial charge in [0.1, 0.15) is 5.75 Å².